The lowest BCUT2D eigenvalue weighted by atomic mass is 10.1. The predicted octanol–water partition coefficient (Wildman–Crippen LogP) is 3.55. The van der Waals surface area contributed by atoms with Crippen molar-refractivity contribution in [2.45, 2.75) is 6.92 Å². The number of halogens is 1. The van der Waals surface area contributed by atoms with Crippen LogP contribution < -0.4 is 0 Å². The van der Waals surface area contributed by atoms with Crippen LogP contribution in [0.2, 0.25) is 0 Å². The second-order valence-electron chi connectivity index (χ2n) is 3.18. The second-order valence-corrected chi connectivity index (χ2v) is 3.59. The van der Waals surface area contributed by atoms with E-state index in [1.807, 2.05) is 31.2 Å². The molecule has 0 fully saturated rings. The highest BCUT2D eigenvalue weighted by Crippen LogP contribution is 2.19. The monoisotopic (exact) mass is 228 g/mol. The lowest BCUT2D eigenvalue weighted by Gasteiger charge is -1.98. The molecule has 0 heterocycles. The highest BCUT2D eigenvalue weighted by atomic mass is 35.5. The van der Waals surface area contributed by atoms with Crippen molar-refractivity contribution >= 4 is 16.6 Å². The Bertz CT molecular complexity index is 494. The van der Waals surface area contributed by atoms with E-state index in [0.717, 1.165) is 11.1 Å². The quantitative estimate of drug-likeness (QED) is 0.574. The first kappa shape index (κ1) is 12.0. The molecule has 0 saturated carbocycles. The molecule has 16 heavy (non-hydrogen) atoms. The molecule has 0 aliphatic heterocycles. The highest BCUT2D eigenvalue weighted by Gasteiger charge is 1.96. The Kier molecular flexibility index (Phi) is 4.33. The van der Waals surface area contributed by atoms with Crippen molar-refractivity contribution in [1.82, 2.24) is 0 Å². The van der Waals surface area contributed by atoms with Crippen molar-refractivity contribution in [2.24, 2.45) is 0 Å². The zero-order valence-electron chi connectivity index (χ0n) is 8.74. The third kappa shape index (κ3) is 3.28. The van der Waals surface area contributed by atoms with Crippen LogP contribution in [0.1, 0.15) is 11.1 Å². The summed E-state index contributed by atoms with van der Waals surface area (Å²) in [6.07, 6.45) is 2.95. The smallest absolute Gasteiger partial charge is 0.129 e. The summed E-state index contributed by atoms with van der Waals surface area (Å²) in [4.78, 5) is 0. The number of nitrogens with zero attached hydrogens (tertiary/aromatic N) is 2. The van der Waals surface area contributed by atoms with E-state index in [0.29, 0.717) is 5.03 Å². The highest BCUT2D eigenvalue weighted by molar-refractivity contribution is 6.48. The molecular formula is C13H9ClN2. The maximum Gasteiger partial charge on any atom is 0.129 e. The maximum absolute atomic E-state index is 8.53. The molecule has 0 unspecified atom stereocenters. The Morgan fingerprint density at radius 3 is 2.19 bits per heavy atom. The van der Waals surface area contributed by atoms with Gasteiger partial charge < -0.3 is 0 Å². The van der Waals surface area contributed by atoms with Crippen LogP contribution in [-0.4, -0.2) is 0 Å². The topological polar surface area (TPSA) is 47.6 Å². The van der Waals surface area contributed by atoms with Crippen LogP contribution in [0.3, 0.4) is 0 Å². The normalized spacial score (nSPS) is 10.1. The van der Waals surface area contributed by atoms with Crippen LogP contribution in [0.15, 0.2) is 42.0 Å². The van der Waals surface area contributed by atoms with E-state index in [2.05, 4.69) is 0 Å². The van der Waals surface area contributed by atoms with E-state index >= 15 is 0 Å². The molecule has 0 saturated heterocycles. The molecule has 0 aliphatic rings. The SMILES string of the molecule is Cc1ccc(C(Cl)=CC=C(C#N)C#N)cc1. The molecule has 0 atom stereocenters. The van der Waals surface area contributed by atoms with Gasteiger partial charge in [0, 0.05) is 5.03 Å². The number of rotatable bonds is 2. The molecule has 1 rings (SSSR count). The molecule has 0 aliphatic carbocycles. The van der Waals surface area contributed by atoms with Crippen molar-refractivity contribution < 1.29 is 0 Å². The van der Waals surface area contributed by atoms with Gasteiger partial charge in [0.15, 0.2) is 0 Å². The molecule has 0 spiro atoms. The van der Waals surface area contributed by atoms with Crippen LogP contribution in [0.5, 0.6) is 0 Å². The Labute approximate surface area is 99.7 Å². The Hall–Kier alpha value is -2.03. The van der Waals surface area contributed by atoms with E-state index in [1.165, 1.54) is 6.08 Å². The molecule has 3 heteroatoms. The molecule has 0 radical (unpaired) electrons. The minimum absolute atomic E-state index is 0.0326. The zero-order chi connectivity index (χ0) is 12.0. The van der Waals surface area contributed by atoms with Crippen LogP contribution >= 0.6 is 11.6 Å². The molecule has 78 valence electrons. The fraction of sp³-hybridized carbons (Fsp3) is 0.0769. The van der Waals surface area contributed by atoms with Gasteiger partial charge in [-0.25, -0.2) is 0 Å². The van der Waals surface area contributed by atoms with Crippen LogP contribution in [-0.2, 0) is 0 Å². The summed E-state index contributed by atoms with van der Waals surface area (Å²) in [6.45, 7) is 1.99. The predicted molar refractivity (Wildman–Crippen MR) is 64.3 cm³/mol. The zero-order valence-corrected chi connectivity index (χ0v) is 9.49. The lowest BCUT2D eigenvalue weighted by molar-refractivity contribution is 1.46. The van der Waals surface area contributed by atoms with Gasteiger partial charge in [-0.05, 0) is 24.6 Å². The third-order valence-corrected chi connectivity index (χ3v) is 2.31. The second kappa shape index (κ2) is 5.75. The van der Waals surface area contributed by atoms with Crippen molar-refractivity contribution in [3.05, 3.63) is 53.1 Å². The Morgan fingerprint density at radius 1 is 1.12 bits per heavy atom. The van der Waals surface area contributed by atoms with E-state index in [-0.39, 0.29) is 5.57 Å². The van der Waals surface area contributed by atoms with Crippen molar-refractivity contribution in [2.75, 3.05) is 0 Å². The summed E-state index contributed by atoms with van der Waals surface area (Å²) >= 11 is 6.01. The van der Waals surface area contributed by atoms with Gasteiger partial charge in [0.25, 0.3) is 0 Å². The largest absolute Gasteiger partial charge is 0.192 e. The summed E-state index contributed by atoms with van der Waals surface area (Å²) in [7, 11) is 0. The van der Waals surface area contributed by atoms with Crippen LogP contribution in [0.25, 0.3) is 5.03 Å². The lowest BCUT2D eigenvalue weighted by Crippen LogP contribution is -1.78. The minimum Gasteiger partial charge on any atom is -0.192 e. The summed E-state index contributed by atoms with van der Waals surface area (Å²) < 4.78 is 0. The van der Waals surface area contributed by atoms with E-state index in [4.69, 9.17) is 22.1 Å². The van der Waals surface area contributed by atoms with Crippen LogP contribution in [0, 0.1) is 29.6 Å². The van der Waals surface area contributed by atoms with Gasteiger partial charge in [-0.2, -0.15) is 10.5 Å². The first-order valence-corrected chi connectivity index (χ1v) is 5.00. The standard InChI is InChI=1S/C13H9ClN2/c1-10-2-5-12(6-3-10)13(14)7-4-11(8-15)9-16/h2-7H,1H3. The maximum atomic E-state index is 8.53. The van der Waals surface area contributed by atoms with Gasteiger partial charge in [0.1, 0.15) is 17.7 Å². The van der Waals surface area contributed by atoms with Crippen molar-refractivity contribution in [1.29, 1.82) is 10.5 Å². The molecule has 0 aromatic heterocycles. The number of benzene rings is 1. The van der Waals surface area contributed by atoms with Gasteiger partial charge in [-0.3, -0.25) is 0 Å². The van der Waals surface area contributed by atoms with Gasteiger partial charge >= 0.3 is 0 Å². The molecule has 0 amide bonds. The number of nitriles is 2. The van der Waals surface area contributed by atoms with Gasteiger partial charge in [0.05, 0.1) is 0 Å². The molecule has 1 aromatic rings. The third-order valence-electron chi connectivity index (χ3n) is 1.96. The number of allylic oxidation sites excluding steroid dienone is 3. The molecule has 0 N–H and O–H groups in total. The average molecular weight is 229 g/mol. The van der Waals surface area contributed by atoms with Crippen molar-refractivity contribution in [3.8, 4) is 12.1 Å². The summed E-state index contributed by atoms with van der Waals surface area (Å²) in [5.41, 5.74) is 2.04. The molecular weight excluding hydrogens is 220 g/mol. The van der Waals surface area contributed by atoms with Crippen molar-refractivity contribution in [3.63, 3.8) is 0 Å². The van der Waals surface area contributed by atoms with E-state index in [9.17, 15) is 0 Å². The molecule has 0 bridgehead atoms. The summed E-state index contributed by atoms with van der Waals surface area (Å²) in [5.74, 6) is 0. The fourth-order valence-corrected chi connectivity index (χ4v) is 1.25. The Balaban J connectivity index is 2.96. The molecule has 2 nitrogen and oxygen atoms in total. The van der Waals surface area contributed by atoms with Crippen LogP contribution in [0.4, 0.5) is 0 Å². The van der Waals surface area contributed by atoms with Gasteiger partial charge in [-0.15, -0.1) is 0 Å². The van der Waals surface area contributed by atoms with E-state index in [1.54, 1.807) is 18.2 Å². The number of hydrogen-bond donors (Lipinski definition) is 0. The summed E-state index contributed by atoms with van der Waals surface area (Å²) in [6, 6.07) is 11.2. The first-order chi connectivity index (χ1) is 7.67. The minimum atomic E-state index is 0.0326. The first-order valence-electron chi connectivity index (χ1n) is 4.62. The number of aryl methyl sites for hydroxylation is 1. The average Bonchev–Trinajstić information content (AvgIpc) is 2.31. The molecule has 1 aromatic carbocycles. The van der Waals surface area contributed by atoms with Gasteiger partial charge in [0.2, 0.25) is 0 Å². The summed E-state index contributed by atoms with van der Waals surface area (Å²) in [5, 5.41) is 17.6. The Morgan fingerprint density at radius 2 is 1.69 bits per heavy atom. The number of hydrogen-bond acceptors (Lipinski definition) is 2. The van der Waals surface area contributed by atoms with Gasteiger partial charge in [-0.1, -0.05) is 41.4 Å². The fourth-order valence-electron chi connectivity index (χ4n) is 1.07. The van der Waals surface area contributed by atoms with E-state index < -0.39 is 0 Å².